The quantitative estimate of drug-likeness (QED) is 0.517. The second kappa shape index (κ2) is 8.12. The van der Waals surface area contributed by atoms with Crippen LogP contribution in [-0.2, 0) is 11.3 Å². The number of amides is 1. The van der Waals surface area contributed by atoms with Crippen LogP contribution in [-0.4, -0.2) is 21.8 Å². The molecule has 4 saturated carbocycles. The molecular weight excluding hydrogens is 456 g/mol. The van der Waals surface area contributed by atoms with Crippen molar-refractivity contribution >= 4 is 21.8 Å². The molecule has 4 bridgehead atoms. The molecule has 6 heteroatoms. The minimum Gasteiger partial charge on any atom is -0.494 e. The second-order valence-corrected chi connectivity index (χ2v) is 11.3. The summed E-state index contributed by atoms with van der Waals surface area (Å²) >= 11 is 4.00. The Kier molecular flexibility index (Phi) is 5.45. The van der Waals surface area contributed by atoms with Crippen molar-refractivity contribution < 1.29 is 14.3 Å². The molecular formula is C25H29BrN2O3. The van der Waals surface area contributed by atoms with Crippen LogP contribution in [0.2, 0.25) is 0 Å². The van der Waals surface area contributed by atoms with Crippen LogP contribution in [0.25, 0.3) is 0 Å². The van der Waals surface area contributed by atoms with E-state index in [4.69, 9.17) is 9.47 Å². The first-order valence-electron chi connectivity index (χ1n) is 11.3. The number of alkyl halides is 1. The van der Waals surface area contributed by atoms with Crippen molar-refractivity contribution in [2.45, 2.75) is 56.3 Å². The zero-order valence-corrected chi connectivity index (χ0v) is 19.5. The van der Waals surface area contributed by atoms with Crippen molar-refractivity contribution in [1.82, 2.24) is 10.3 Å². The van der Waals surface area contributed by atoms with Gasteiger partial charge in [0.05, 0.1) is 12.0 Å². The Morgan fingerprint density at radius 1 is 1.13 bits per heavy atom. The Morgan fingerprint density at radius 2 is 1.84 bits per heavy atom. The average Bonchev–Trinajstić information content (AvgIpc) is 2.72. The van der Waals surface area contributed by atoms with E-state index in [1.54, 1.807) is 6.20 Å². The molecule has 4 fully saturated rings. The normalized spacial score (nSPS) is 30.8. The van der Waals surface area contributed by atoms with E-state index in [0.717, 1.165) is 30.6 Å². The van der Waals surface area contributed by atoms with Gasteiger partial charge in [0, 0.05) is 23.1 Å². The smallest absolute Gasteiger partial charge is 0.226 e. The summed E-state index contributed by atoms with van der Waals surface area (Å²) in [4.78, 5) is 17.6. The lowest BCUT2D eigenvalue weighted by Gasteiger charge is -2.59. The van der Waals surface area contributed by atoms with Gasteiger partial charge in [-0.25, -0.2) is 4.98 Å². The van der Waals surface area contributed by atoms with Gasteiger partial charge in [0.15, 0.2) is 0 Å². The summed E-state index contributed by atoms with van der Waals surface area (Å²) in [5.41, 5.74) is 0.796. The van der Waals surface area contributed by atoms with Gasteiger partial charge in [-0.3, -0.25) is 4.79 Å². The van der Waals surface area contributed by atoms with E-state index in [1.165, 1.54) is 19.3 Å². The molecule has 4 aliphatic rings. The van der Waals surface area contributed by atoms with Gasteiger partial charge in [0.25, 0.3) is 0 Å². The summed E-state index contributed by atoms with van der Waals surface area (Å²) in [5, 5.41) is 3.23. The highest BCUT2D eigenvalue weighted by Gasteiger charge is 2.59. The third-order valence-electron chi connectivity index (χ3n) is 7.08. The Hall–Kier alpha value is -2.08. The fourth-order valence-electron chi connectivity index (χ4n) is 6.29. The molecule has 31 heavy (non-hydrogen) atoms. The lowest BCUT2D eigenvalue weighted by Crippen LogP contribution is -2.58. The Bertz CT molecular complexity index is 947. The number of carbonyl (C=O) groups is 1. The number of benzene rings is 1. The molecule has 2 aromatic rings. The average molecular weight is 485 g/mol. The third-order valence-corrected chi connectivity index (χ3v) is 8.01. The van der Waals surface area contributed by atoms with Crippen LogP contribution < -0.4 is 14.8 Å². The fraction of sp³-hybridized carbons (Fsp3) is 0.520. The topological polar surface area (TPSA) is 60.5 Å². The Labute approximate surface area is 192 Å². The molecule has 164 valence electrons. The van der Waals surface area contributed by atoms with Crippen molar-refractivity contribution in [1.29, 1.82) is 0 Å². The van der Waals surface area contributed by atoms with Crippen molar-refractivity contribution in [2.75, 3.05) is 6.61 Å². The minimum absolute atomic E-state index is 0.184. The number of nitrogens with one attached hydrogen (secondary N) is 1. The van der Waals surface area contributed by atoms with Gasteiger partial charge in [-0.05, 0) is 93.2 Å². The van der Waals surface area contributed by atoms with Gasteiger partial charge in [-0.15, -0.1) is 0 Å². The summed E-state index contributed by atoms with van der Waals surface area (Å²) in [6, 6.07) is 11.3. The van der Waals surface area contributed by atoms with Gasteiger partial charge in [-0.2, -0.15) is 0 Å². The fourth-order valence-corrected chi connectivity index (χ4v) is 7.75. The Balaban J connectivity index is 1.22. The summed E-state index contributed by atoms with van der Waals surface area (Å²) in [5.74, 6) is 3.65. The van der Waals surface area contributed by atoms with Crippen LogP contribution in [0.3, 0.4) is 0 Å². The summed E-state index contributed by atoms with van der Waals surface area (Å²) in [7, 11) is 0. The van der Waals surface area contributed by atoms with Gasteiger partial charge >= 0.3 is 0 Å². The highest BCUT2D eigenvalue weighted by atomic mass is 79.9. The number of aromatic nitrogens is 1. The maximum Gasteiger partial charge on any atom is 0.226 e. The number of rotatable bonds is 7. The monoisotopic (exact) mass is 484 g/mol. The zero-order chi connectivity index (χ0) is 21.5. The first-order valence-corrected chi connectivity index (χ1v) is 12.1. The SMILES string of the molecule is CCOc1ccc(Oc2cc(CNC(=O)C34CC5CC(CC(Br)(C5)C3)C4)ccn2)cc1. The number of hydrogen-bond donors (Lipinski definition) is 1. The summed E-state index contributed by atoms with van der Waals surface area (Å²) in [6.07, 6.45) is 8.56. The van der Waals surface area contributed by atoms with Crippen LogP contribution in [0, 0.1) is 17.3 Å². The maximum absolute atomic E-state index is 13.3. The van der Waals surface area contributed by atoms with Crippen LogP contribution in [0.5, 0.6) is 17.4 Å². The molecule has 5 nitrogen and oxygen atoms in total. The van der Waals surface area contributed by atoms with E-state index >= 15 is 0 Å². The molecule has 2 unspecified atom stereocenters. The number of carbonyl (C=O) groups excluding carboxylic acids is 1. The van der Waals surface area contributed by atoms with Crippen molar-refractivity contribution in [3.8, 4) is 17.4 Å². The predicted molar refractivity (Wildman–Crippen MR) is 123 cm³/mol. The number of hydrogen-bond acceptors (Lipinski definition) is 4. The summed E-state index contributed by atoms with van der Waals surface area (Å²) < 4.78 is 11.5. The number of pyridine rings is 1. The molecule has 1 aromatic heterocycles. The van der Waals surface area contributed by atoms with Gasteiger partial charge in [0.2, 0.25) is 11.8 Å². The highest BCUT2D eigenvalue weighted by molar-refractivity contribution is 9.10. The van der Waals surface area contributed by atoms with Crippen LogP contribution in [0.4, 0.5) is 0 Å². The Morgan fingerprint density at radius 3 is 2.52 bits per heavy atom. The molecule has 1 aromatic carbocycles. The number of ether oxygens (including phenoxy) is 2. The predicted octanol–water partition coefficient (Wildman–Crippen LogP) is 5.62. The van der Waals surface area contributed by atoms with Crippen LogP contribution in [0.15, 0.2) is 42.6 Å². The minimum atomic E-state index is -0.192. The van der Waals surface area contributed by atoms with Crippen LogP contribution in [0.1, 0.15) is 51.0 Å². The van der Waals surface area contributed by atoms with Crippen LogP contribution >= 0.6 is 15.9 Å². The molecule has 4 aliphatic carbocycles. The van der Waals surface area contributed by atoms with E-state index in [0.29, 0.717) is 36.6 Å². The van der Waals surface area contributed by atoms with Gasteiger partial charge in [0.1, 0.15) is 11.5 Å². The maximum atomic E-state index is 13.3. The second-order valence-electron chi connectivity index (χ2n) is 9.58. The van der Waals surface area contributed by atoms with E-state index in [1.807, 2.05) is 43.3 Å². The molecule has 1 N–H and O–H groups in total. The molecule has 0 spiro atoms. The molecule has 6 rings (SSSR count). The van der Waals surface area contributed by atoms with E-state index in [9.17, 15) is 4.79 Å². The van der Waals surface area contributed by atoms with E-state index in [-0.39, 0.29) is 15.6 Å². The molecule has 0 radical (unpaired) electrons. The standard InChI is InChI=1S/C25H29BrN2O3/c1-2-30-20-3-5-21(6-4-20)31-22-10-17(7-8-27-22)15-28-23(29)24-11-18-9-19(12-24)14-25(26,13-18)16-24/h3-8,10,18-19H,2,9,11-16H2,1H3,(H,28,29). The van der Waals surface area contributed by atoms with E-state index in [2.05, 4.69) is 26.2 Å². The van der Waals surface area contributed by atoms with Gasteiger partial charge in [-0.1, -0.05) is 15.9 Å². The molecule has 0 aliphatic heterocycles. The zero-order valence-electron chi connectivity index (χ0n) is 17.9. The lowest BCUT2D eigenvalue weighted by molar-refractivity contribution is -0.144. The first-order chi connectivity index (χ1) is 15.0. The van der Waals surface area contributed by atoms with Gasteiger partial charge < -0.3 is 14.8 Å². The first kappa shape index (κ1) is 20.8. The van der Waals surface area contributed by atoms with Crippen molar-refractivity contribution in [3.63, 3.8) is 0 Å². The molecule has 1 amide bonds. The number of nitrogens with zero attached hydrogens (tertiary/aromatic N) is 1. The lowest BCUT2D eigenvalue weighted by atomic mass is 9.49. The number of halogens is 1. The molecule has 1 heterocycles. The largest absolute Gasteiger partial charge is 0.494 e. The van der Waals surface area contributed by atoms with E-state index < -0.39 is 0 Å². The molecule has 0 saturated heterocycles. The molecule has 2 atom stereocenters. The highest BCUT2D eigenvalue weighted by Crippen LogP contribution is 2.64. The van der Waals surface area contributed by atoms with Crippen molar-refractivity contribution in [3.05, 3.63) is 48.2 Å². The van der Waals surface area contributed by atoms with Crippen molar-refractivity contribution in [2.24, 2.45) is 17.3 Å². The summed E-state index contributed by atoms with van der Waals surface area (Å²) in [6.45, 7) is 3.09. The third kappa shape index (κ3) is 4.32.